The molecule has 3 aromatic rings. The molecule has 31 heavy (non-hydrogen) atoms. The standard InChI is InChI=1S/C23H23N5O3/c1-16-12-14-27(15-13-16)22-11-10-20(25-26-22)17-6-8-18(9-7-17)24-23(29)19-4-2-3-5-21(19)28(30)31/h2-11,16H,12-15H2,1H3,(H,24,29). The second-order valence-electron chi connectivity index (χ2n) is 7.75. The quantitative estimate of drug-likeness (QED) is 0.483. The highest BCUT2D eigenvalue weighted by Gasteiger charge is 2.19. The largest absolute Gasteiger partial charge is 0.355 e. The van der Waals surface area contributed by atoms with E-state index in [1.54, 1.807) is 18.2 Å². The van der Waals surface area contributed by atoms with Gasteiger partial charge >= 0.3 is 0 Å². The summed E-state index contributed by atoms with van der Waals surface area (Å²) in [6, 6.07) is 17.0. The second kappa shape index (κ2) is 8.91. The smallest absolute Gasteiger partial charge is 0.282 e. The van der Waals surface area contributed by atoms with Gasteiger partial charge in [0.05, 0.1) is 10.6 Å². The van der Waals surface area contributed by atoms with Gasteiger partial charge in [-0.15, -0.1) is 10.2 Å². The molecule has 8 heteroatoms. The van der Waals surface area contributed by atoms with E-state index < -0.39 is 10.8 Å². The van der Waals surface area contributed by atoms with Crippen LogP contribution in [0, 0.1) is 16.0 Å². The molecule has 0 atom stereocenters. The zero-order valence-electron chi connectivity index (χ0n) is 17.2. The zero-order chi connectivity index (χ0) is 21.8. The summed E-state index contributed by atoms with van der Waals surface area (Å²) < 4.78 is 0. The number of hydrogen-bond donors (Lipinski definition) is 1. The van der Waals surface area contributed by atoms with Crippen LogP contribution in [0.15, 0.2) is 60.7 Å². The highest BCUT2D eigenvalue weighted by atomic mass is 16.6. The van der Waals surface area contributed by atoms with E-state index in [1.165, 1.54) is 31.0 Å². The lowest BCUT2D eigenvalue weighted by Gasteiger charge is -2.30. The first-order chi connectivity index (χ1) is 15.0. The average Bonchev–Trinajstić information content (AvgIpc) is 2.80. The van der Waals surface area contributed by atoms with Crippen molar-refractivity contribution in [3.8, 4) is 11.3 Å². The van der Waals surface area contributed by atoms with Gasteiger partial charge in [-0.3, -0.25) is 14.9 Å². The van der Waals surface area contributed by atoms with Gasteiger partial charge in [0.1, 0.15) is 5.56 Å². The summed E-state index contributed by atoms with van der Waals surface area (Å²) in [5, 5.41) is 22.6. The van der Waals surface area contributed by atoms with Crippen LogP contribution in [-0.2, 0) is 0 Å². The van der Waals surface area contributed by atoms with E-state index in [4.69, 9.17) is 0 Å². The van der Waals surface area contributed by atoms with Crippen LogP contribution in [0.25, 0.3) is 11.3 Å². The van der Waals surface area contributed by atoms with E-state index >= 15 is 0 Å². The van der Waals surface area contributed by atoms with Crippen molar-refractivity contribution in [2.75, 3.05) is 23.3 Å². The molecule has 1 aliphatic rings. The fourth-order valence-corrected chi connectivity index (χ4v) is 3.63. The van der Waals surface area contributed by atoms with E-state index in [-0.39, 0.29) is 11.3 Å². The lowest BCUT2D eigenvalue weighted by molar-refractivity contribution is -0.385. The molecule has 158 valence electrons. The number of amides is 1. The van der Waals surface area contributed by atoms with Crippen molar-refractivity contribution in [2.24, 2.45) is 5.92 Å². The van der Waals surface area contributed by atoms with Crippen LogP contribution < -0.4 is 10.2 Å². The number of aromatic nitrogens is 2. The van der Waals surface area contributed by atoms with E-state index in [1.807, 2.05) is 24.3 Å². The Morgan fingerprint density at radius 1 is 1.03 bits per heavy atom. The number of carbonyl (C=O) groups excluding carboxylic acids is 1. The van der Waals surface area contributed by atoms with Gasteiger partial charge in [-0.2, -0.15) is 0 Å². The normalized spacial score (nSPS) is 14.3. The minimum absolute atomic E-state index is 0.0186. The van der Waals surface area contributed by atoms with E-state index in [0.717, 1.165) is 36.1 Å². The molecule has 0 unspecified atom stereocenters. The molecule has 0 radical (unpaired) electrons. The van der Waals surface area contributed by atoms with Gasteiger partial charge in [0.2, 0.25) is 0 Å². The Morgan fingerprint density at radius 2 is 1.74 bits per heavy atom. The molecule has 1 amide bonds. The minimum Gasteiger partial charge on any atom is -0.355 e. The van der Waals surface area contributed by atoms with Crippen molar-refractivity contribution in [1.29, 1.82) is 0 Å². The van der Waals surface area contributed by atoms with Crippen LogP contribution in [0.1, 0.15) is 30.1 Å². The van der Waals surface area contributed by atoms with E-state index in [0.29, 0.717) is 5.69 Å². The molecular weight excluding hydrogens is 394 g/mol. The van der Waals surface area contributed by atoms with Crippen molar-refractivity contribution < 1.29 is 9.72 Å². The van der Waals surface area contributed by atoms with Gasteiger partial charge in [-0.25, -0.2) is 0 Å². The molecule has 1 aromatic heterocycles. The number of nitro benzene ring substituents is 1. The van der Waals surface area contributed by atoms with Crippen LogP contribution in [0.3, 0.4) is 0 Å². The molecule has 8 nitrogen and oxygen atoms in total. The number of hydrogen-bond acceptors (Lipinski definition) is 6. The number of nitrogens with zero attached hydrogens (tertiary/aromatic N) is 4. The van der Waals surface area contributed by atoms with Gasteiger partial charge in [0, 0.05) is 30.4 Å². The van der Waals surface area contributed by atoms with E-state index in [9.17, 15) is 14.9 Å². The summed E-state index contributed by atoms with van der Waals surface area (Å²) in [5.74, 6) is 1.12. The molecule has 4 rings (SSSR count). The molecule has 1 saturated heterocycles. The zero-order valence-corrected chi connectivity index (χ0v) is 17.2. The van der Waals surface area contributed by atoms with Gasteiger partial charge < -0.3 is 10.2 Å². The Kier molecular flexibility index (Phi) is 5.88. The van der Waals surface area contributed by atoms with Crippen LogP contribution in [0.4, 0.5) is 17.2 Å². The van der Waals surface area contributed by atoms with Crippen LogP contribution >= 0.6 is 0 Å². The molecule has 0 bridgehead atoms. The van der Waals surface area contributed by atoms with Crippen molar-refractivity contribution in [1.82, 2.24) is 10.2 Å². The van der Waals surface area contributed by atoms with Gasteiger partial charge in [-0.05, 0) is 49.1 Å². The summed E-state index contributed by atoms with van der Waals surface area (Å²) in [5.41, 5.74) is 1.94. The van der Waals surface area contributed by atoms with Crippen molar-refractivity contribution in [3.63, 3.8) is 0 Å². The predicted molar refractivity (Wildman–Crippen MR) is 119 cm³/mol. The Labute approximate surface area is 180 Å². The number of benzene rings is 2. The minimum atomic E-state index is -0.565. The first-order valence-electron chi connectivity index (χ1n) is 10.2. The maximum Gasteiger partial charge on any atom is 0.282 e. The molecule has 1 aliphatic heterocycles. The first-order valence-corrected chi connectivity index (χ1v) is 10.2. The van der Waals surface area contributed by atoms with Crippen molar-refractivity contribution in [3.05, 3.63) is 76.3 Å². The van der Waals surface area contributed by atoms with Crippen molar-refractivity contribution >= 4 is 23.1 Å². The molecule has 2 aromatic carbocycles. The monoisotopic (exact) mass is 417 g/mol. The molecule has 0 spiro atoms. The van der Waals surface area contributed by atoms with Crippen molar-refractivity contribution in [2.45, 2.75) is 19.8 Å². The predicted octanol–water partition coefficient (Wildman–Crippen LogP) is 4.54. The van der Waals surface area contributed by atoms with Crippen LogP contribution in [0.5, 0.6) is 0 Å². The third-order valence-electron chi connectivity index (χ3n) is 5.54. The summed E-state index contributed by atoms with van der Waals surface area (Å²) in [7, 11) is 0. The molecule has 1 fully saturated rings. The van der Waals surface area contributed by atoms with Crippen LogP contribution in [0.2, 0.25) is 0 Å². The number of carbonyl (C=O) groups is 1. The average molecular weight is 417 g/mol. The number of piperidine rings is 1. The number of nitro groups is 1. The fraction of sp³-hybridized carbons (Fsp3) is 0.261. The highest BCUT2D eigenvalue weighted by molar-refractivity contribution is 6.07. The first kappa shape index (κ1) is 20.5. The summed E-state index contributed by atoms with van der Waals surface area (Å²) in [4.78, 5) is 25.3. The Morgan fingerprint density at radius 3 is 2.39 bits per heavy atom. The summed E-state index contributed by atoms with van der Waals surface area (Å²) in [6.45, 7) is 4.28. The number of rotatable bonds is 5. The molecule has 0 saturated carbocycles. The molecular formula is C23H23N5O3. The topological polar surface area (TPSA) is 101 Å². The molecule has 1 N–H and O–H groups in total. The number of para-hydroxylation sites is 1. The lowest BCUT2D eigenvalue weighted by atomic mass is 9.99. The Hall–Kier alpha value is -3.81. The van der Waals surface area contributed by atoms with Crippen LogP contribution in [-0.4, -0.2) is 34.1 Å². The van der Waals surface area contributed by atoms with Gasteiger partial charge in [0.15, 0.2) is 5.82 Å². The lowest BCUT2D eigenvalue weighted by Crippen LogP contribution is -2.33. The molecule has 2 heterocycles. The number of anilines is 2. The third kappa shape index (κ3) is 4.69. The Bertz CT molecular complexity index is 1080. The SMILES string of the molecule is CC1CCN(c2ccc(-c3ccc(NC(=O)c4ccccc4[N+](=O)[O-])cc3)nn2)CC1. The van der Waals surface area contributed by atoms with E-state index in [2.05, 4.69) is 27.3 Å². The second-order valence-corrected chi connectivity index (χ2v) is 7.75. The summed E-state index contributed by atoms with van der Waals surface area (Å²) >= 11 is 0. The van der Waals surface area contributed by atoms with Gasteiger partial charge in [-0.1, -0.05) is 31.2 Å². The Balaban J connectivity index is 1.44. The third-order valence-corrected chi connectivity index (χ3v) is 5.54. The maximum atomic E-state index is 12.5. The van der Waals surface area contributed by atoms with Gasteiger partial charge in [0.25, 0.3) is 11.6 Å². The maximum absolute atomic E-state index is 12.5. The number of nitrogens with one attached hydrogen (secondary N) is 1. The highest BCUT2D eigenvalue weighted by Crippen LogP contribution is 2.24. The summed E-state index contributed by atoms with van der Waals surface area (Å²) in [6.07, 6.45) is 2.34. The molecule has 0 aliphatic carbocycles. The fourth-order valence-electron chi connectivity index (χ4n) is 3.63.